The molecular formula is C15H12BrFO3. The second kappa shape index (κ2) is 6.52. The van der Waals surface area contributed by atoms with E-state index in [9.17, 15) is 9.18 Å². The van der Waals surface area contributed by atoms with Crippen molar-refractivity contribution >= 4 is 21.9 Å². The second-order valence-corrected chi connectivity index (χ2v) is 5.09. The van der Waals surface area contributed by atoms with Gasteiger partial charge < -0.3 is 9.84 Å². The molecular weight excluding hydrogens is 327 g/mol. The molecule has 2 rings (SSSR count). The maximum Gasteiger partial charge on any atom is 0.307 e. The molecule has 5 heteroatoms. The average molecular weight is 339 g/mol. The Kier molecular flexibility index (Phi) is 4.74. The number of carbonyl (C=O) groups is 1. The highest BCUT2D eigenvalue weighted by atomic mass is 79.9. The first-order chi connectivity index (χ1) is 9.54. The van der Waals surface area contributed by atoms with Gasteiger partial charge in [0.1, 0.15) is 18.2 Å². The number of carboxylic acid groups (broad SMARTS) is 1. The zero-order chi connectivity index (χ0) is 14.5. The summed E-state index contributed by atoms with van der Waals surface area (Å²) in [6, 6.07) is 11.3. The number of halogens is 2. The number of benzene rings is 2. The fraction of sp³-hybridized carbons (Fsp3) is 0.133. The van der Waals surface area contributed by atoms with Gasteiger partial charge in [0.15, 0.2) is 0 Å². The highest BCUT2D eigenvalue weighted by Crippen LogP contribution is 2.21. The highest BCUT2D eigenvalue weighted by Gasteiger charge is 2.04. The lowest BCUT2D eigenvalue weighted by atomic mass is 10.1. The lowest BCUT2D eigenvalue weighted by Crippen LogP contribution is -2.00. The van der Waals surface area contributed by atoms with Crippen molar-refractivity contribution in [3.63, 3.8) is 0 Å². The van der Waals surface area contributed by atoms with Crippen molar-refractivity contribution < 1.29 is 19.0 Å². The average Bonchev–Trinajstić information content (AvgIpc) is 2.39. The van der Waals surface area contributed by atoms with Crippen molar-refractivity contribution in [2.45, 2.75) is 13.0 Å². The van der Waals surface area contributed by atoms with Crippen LogP contribution in [0.2, 0.25) is 0 Å². The van der Waals surface area contributed by atoms with Crippen LogP contribution in [0.1, 0.15) is 11.1 Å². The summed E-state index contributed by atoms with van der Waals surface area (Å²) in [4.78, 5) is 10.6. The Morgan fingerprint density at radius 2 is 1.90 bits per heavy atom. The molecule has 3 nitrogen and oxygen atoms in total. The van der Waals surface area contributed by atoms with E-state index < -0.39 is 5.97 Å². The molecule has 0 saturated carbocycles. The number of rotatable bonds is 5. The fourth-order valence-electron chi connectivity index (χ4n) is 1.68. The molecule has 0 aromatic heterocycles. The van der Waals surface area contributed by atoms with Gasteiger partial charge >= 0.3 is 5.97 Å². The van der Waals surface area contributed by atoms with E-state index in [2.05, 4.69) is 15.9 Å². The Balaban J connectivity index is 1.98. The summed E-state index contributed by atoms with van der Waals surface area (Å²) < 4.78 is 19.2. The monoisotopic (exact) mass is 338 g/mol. The molecule has 0 bridgehead atoms. The molecule has 0 radical (unpaired) electrons. The summed E-state index contributed by atoms with van der Waals surface area (Å²) in [6.45, 7) is 0.305. The minimum Gasteiger partial charge on any atom is -0.489 e. The molecule has 0 aliphatic carbocycles. The van der Waals surface area contributed by atoms with Gasteiger partial charge in [-0.05, 0) is 29.8 Å². The van der Waals surface area contributed by atoms with Gasteiger partial charge in [-0.15, -0.1) is 0 Å². The number of carboxylic acids is 1. The molecule has 0 heterocycles. The Morgan fingerprint density at radius 1 is 1.20 bits per heavy atom. The number of hydrogen-bond donors (Lipinski definition) is 1. The van der Waals surface area contributed by atoms with Crippen LogP contribution < -0.4 is 4.74 Å². The number of aliphatic carboxylic acids is 1. The largest absolute Gasteiger partial charge is 0.489 e. The van der Waals surface area contributed by atoms with Gasteiger partial charge in [0.05, 0.1) is 6.42 Å². The van der Waals surface area contributed by atoms with Crippen molar-refractivity contribution in [1.82, 2.24) is 0 Å². The highest BCUT2D eigenvalue weighted by molar-refractivity contribution is 9.10. The van der Waals surface area contributed by atoms with E-state index in [0.29, 0.717) is 22.4 Å². The minimum atomic E-state index is -0.867. The molecule has 0 saturated heterocycles. The predicted octanol–water partition coefficient (Wildman–Crippen LogP) is 3.79. The maximum absolute atomic E-state index is 12.9. The van der Waals surface area contributed by atoms with Crippen LogP contribution in [0.4, 0.5) is 4.39 Å². The topological polar surface area (TPSA) is 46.5 Å². The van der Waals surface area contributed by atoms with E-state index in [-0.39, 0.29) is 12.2 Å². The summed E-state index contributed by atoms with van der Waals surface area (Å²) >= 11 is 3.27. The van der Waals surface area contributed by atoms with E-state index >= 15 is 0 Å². The molecule has 0 fully saturated rings. The lowest BCUT2D eigenvalue weighted by molar-refractivity contribution is -0.136. The zero-order valence-electron chi connectivity index (χ0n) is 10.5. The molecule has 0 unspecified atom stereocenters. The molecule has 20 heavy (non-hydrogen) atoms. The van der Waals surface area contributed by atoms with Gasteiger partial charge in [-0.1, -0.05) is 34.1 Å². The normalized spacial score (nSPS) is 10.3. The summed E-state index contributed by atoms with van der Waals surface area (Å²) in [5.41, 5.74) is 1.55. The minimum absolute atomic E-state index is 0.0101. The van der Waals surface area contributed by atoms with Crippen molar-refractivity contribution in [1.29, 1.82) is 0 Å². The predicted molar refractivity (Wildman–Crippen MR) is 76.2 cm³/mol. The molecule has 2 aromatic carbocycles. The van der Waals surface area contributed by atoms with Gasteiger partial charge in [0.2, 0.25) is 0 Å². The summed E-state index contributed by atoms with van der Waals surface area (Å²) in [6.07, 6.45) is -0.0101. The van der Waals surface area contributed by atoms with Crippen molar-refractivity contribution in [2.75, 3.05) is 0 Å². The first kappa shape index (κ1) is 14.5. The molecule has 0 amide bonds. The quantitative estimate of drug-likeness (QED) is 0.901. The van der Waals surface area contributed by atoms with Crippen molar-refractivity contribution in [3.05, 3.63) is 63.9 Å². The smallest absolute Gasteiger partial charge is 0.307 e. The van der Waals surface area contributed by atoms with E-state index in [4.69, 9.17) is 9.84 Å². The molecule has 1 N–H and O–H groups in total. The lowest BCUT2D eigenvalue weighted by Gasteiger charge is -2.08. The zero-order valence-corrected chi connectivity index (χ0v) is 12.1. The third kappa shape index (κ3) is 4.06. The third-order valence-corrected chi connectivity index (χ3v) is 3.43. The van der Waals surface area contributed by atoms with Gasteiger partial charge in [-0.25, -0.2) is 4.39 Å². The summed E-state index contributed by atoms with van der Waals surface area (Å²) in [5, 5.41) is 8.67. The Bertz CT molecular complexity index is 611. The molecule has 0 aliphatic heterocycles. The molecule has 0 atom stereocenters. The van der Waals surface area contributed by atoms with Crippen LogP contribution in [0.5, 0.6) is 5.75 Å². The summed E-state index contributed by atoms with van der Waals surface area (Å²) in [5.74, 6) is -0.539. The van der Waals surface area contributed by atoms with Crippen LogP contribution in [0.3, 0.4) is 0 Å². The fourth-order valence-corrected chi connectivity index (χ4v) is 2.14. The van der Waals surface area contributed by atoms with Crippen LogP contribution >= 0.6 is 15.9 Å². The number of ether oxygens (including phenoxy) is 1. The standard InChI is InChI=1S/C15H12BrFO3/c16-14-8-12(17)4-3-11(14)9-20-13-5-1-10(2-6-13)7-15(18)19/h1-6,8H,7,9H2,(H,18,19). The molecule has 104 valence electrons. The number of hydrogen-bond acceptors (Lipinski definition) is 2. The van der Waals surface area contributed by atoms with E-state index in [0.717, 1.165) is 5.56 Å². The van der Waals surface area contributed by atoms with Crippen LogP contribution in [-0.2, 0) is 17.8 Å². The van der Waals surface area contributed by atoms with E-state index in [1.54, 1.807) is 30.3 Å². The van der Waals surface area contributed by atoms with Gasteiger partial charge in [0, 0.05) is 10.0 Å². The summed E-state index contributed by atoms with van der Waals surface area (Å²) in [7, 11) is 0. The van der Waals surface area contributed by atoms with E-state index in [1.165, 1.54) is 12.1 Å². The first-order valence-corrected chi connectivity index (χ1v) is 6.71. The van der Waals surface area contributed by atoms with E-state index in [1.807, 2.05) is 0 Å². The Hall–Kier alpha value is -1.88. The van der Waals surface area contributed by atoms with Gasteiger partial charge in [0.25, 0.3) is 0 Å². The van der Waals surface area contributed by atoms with Crippen LogP contribution in [0.15, 0.2) is 46.9 Å². The molecule has 2 aromatic rings. The van der Waals surface area contributed by atoms with Crippen LogP contribution in [-0.4, -0.2) is 11.1 Å². The van der Waals surface area contributed by atoms with Crippen LogP contribution in [0, 0.1) is 5.82 Å². The molecule has 0 spiro atoms. The maximum atomic E-state index is 12.9. The first-order valence-electron chi connectivity index (χ1n) is 5.92. The molecule has 0 aliphatic rings. The second-order valence-electron chi connectivity index (χ2n) is 4.24. The van der Waals surface area contributed by atoms with Crippen molar-refractivity contribution in [3.8, 4) is 5.75 Å². The Morgan fingerprint density at radius 3 is 2.50 bits per heavy atom. The van der Waals surface area contributed by atoms with Crippen molar-refractivity contribution in [2.24, 2.45) is 0 Å². The SMILES string of the molecule is O=C(O)Cc1ccc(OCc2ccc(F)cc2Br)cc1. The van der Waals surface area contributed by atoms with Gasteiger partial charge in [-0.2, -0.15) is 0 Å². The van der Waals surface area contributed by atoms with Crippen LogP contribution in [0.25, 0.3) is 0 Å². The Labute approximate surface area is 124 Å². The van der Waals surface area contributed by atoms with Gasteiger partial charge in [-0.3, -0.25) is 4.79 Å². The third-order valence-electron chi connectivity index (χ3n) is 2.69.